The molecule has 158 valence electrons. The quantitative estimate of drug-likeness (QED) is 0.303. The van der Waals surface area contributed by atoms with Crippen LogP contribution in [0.5, 0.6) is 0 Å². The number of fused-ring (bicyclic) bond motifs is 2. The molecule has 9 heteroatoms. The molecule has 0 bridgehead atoms. The molecule has 6 nitrogen and oxygen atoms in total. The summed E-state index contributed by atoms with van der Waals surface area (Å²) in [4.78, 5) is 33.8. The standard InChI is InChI=1S/C21H22ClN3O3S2/c1-28-9-2-7-25-20(27)16-4-3-15(22)11-17(16)23-21(25)30-13-19(26)24-8-5-18-14(12-24)6-10-29-18/h3-4,6,10-11H,2,5,7-9,12-13H2,1H3. The predicted molar refractivity (Wildman–Crippen MR) is 122 cm³/mol. The molecule has 0 fully saturated rings. The first-order chi connectivity index (χ1) is 14.6. The Kier molecular flexibility index (Phi) is 6.77. The van der Waals surface area contributed by atoms with Gasteiger partial charge in [0.05, 0.1) is 16.7 Å². The molecule has 0 aliphatic carbocycles. The average molecular weight is 464 g/mol. The Balaban J connectivity index is 1.55. The molecule has 0 unspecified atom stereocenters. The van der Waals surface area contributed by atoms with Crippen LogP contribution in [0.3, 0.4) is 0 Å². The number of amides is 1. The minimum atomic E-state index is -0.122. The number of ether oxygens (including phenoxy) is 1. The van der Waals surface area contributed by atoms with Gasteiger partial charge < -0.3 is 9.64 Å². The van der Waals surface area contributed by atoms with Crippen molar-refractivity contribution in [2.75, 3.05) is 26.0 Å². The van der Waals surface area contributed by atoms with Gasteiger partial charge in [-0.15, -0.1) is 11.3 Å². The highest BCUT2D eigenvalue weighted by molar-refractivity contribution is 7.99. The molecule has 1 amide bonds. The van der Waals surface area contributed by atoms with Crippen LogP contribution in [-0.2, 0) is 29.0 Å². The molecule has 3 heterocycles. The summed E-state index contributed by atoms with van der Waals surface area (Å²) < 4.78 is 6.77. The third-order valence-corrected chi connectivity index (χ3v) is 7.32. The zero-order chi connectivity index (χ0) is 21.1. The summed E-state index contributed by atoms with van der Waals surface area (Å²) in [5.74, 6) is 0.295. The number of hydrogen-bond donors (Lipinski definition) is 0. The molecule has 3 aromatic rings. The van der Waals surface area contributed by atoms with Gasteiger partial charge in [0.2, 0.25) is 5.91 Å². The van der Waals surface area contributed by atoms with Crippen molar-refractivity contribution in [3.63, 3.8) is 0 Å². The fraction of sp³-hybridized carbons (Fsp3) is 0.381. The minimum absolute atomic E-state index is 0.0562. The molecule has 1 aliphatic heterocycles. The molecule has 0 saturated carbocycles. The van der Waals surface area contributed by atoms with Gasteiger partial charge in [-0.05, 0) is 48.1 Å². The number of thioether (sulfide) groups is 1. The second-order valence-electron chi connectivity index (χ2n) is 7.08. The van der Waals surface area contributed by atoms with E-state index in [2.05, 4.69) is 16.4 Å². The van der Waals surface area contributed by atoms with Crippen LogP contribution in [0.4, 0.5) is 0 Å². The normalized spacial score (nSPS) is 13.6. The van der Waals surface area contributed by atoms with Crippen molar-refractivity contribution in [3.05, 3.63) is 55.5 Å². The highest BCUT2D eigenvalue weighted by Crippen LogP contribution is 2.26. The van der Waals surface area contributed by atoms with Crippen LogP contribution in [0.1, 0.15) is 16.9 Å². The first-order valence-electron chi connectivity index (χ1n) is 9.71. The Hall–Kier alpha value is -1.87. The number of benzene rings is 1. The SMILES string of the molecule is COCCCn1c(SCC(=O)N2CCc3sccc3C2)nc2cc(Cl)ccc2c1=O. The summed E-state index contributed by atoms with van der Waals surface area (Å²) in [6, 6.07) is 7.17. The van der Waals surface area contributed by atoms with Crippen molar-refractivity contribution in [3.8, 4) is 0 Å². The summed E-state index contributed by atoms with van der Waals surface area (Å²) in [6.45, 7) is 2.41. The van der Waals surface area contributed by atoms with Gasteiger partial charge in [0, 0.05) is 43.3 Å². The Morgan fingerprint density at radius 3 is 3.07 bits per heavy atom. The van der Waals surface area contributed by atoms with Gasteiger partial charge in [0.25, 0.3) is 5.56 Å². The molecule has 4 rings (SSSR count). The maximum absolute atomic E-state index is 13.0. The lowest BCUT2D eigenvalue weighted by Gasteiger charge is -2.27. The topological polar surface area (TPSA) is 64.4 Å². The predicted octanol–water partition coefficient (Wildman–Crippen LogP) is 3.82. The highest BCUT2D eigenvalue weighted by atomic mass is 35.5. The number of methoxy groups -OCH3 is 1. The van der Waals surface area contributed by atoms with E-state index < -0.39 is 0 Å². The fourth-order valence-electron chi connectivity index (χ4n) is 3.53. The summed E-state index contributed by atoms with van der Waals surface area (Å²) >= 11 is 9.15. The number of carbonyl (C=O) groups is 1. The van der Waals surface area contributed by atoms with Gasteiger partial charge in [-0.25, -0.2) is 4.98 Å². The monoisotopic (exact) mass is 463 g/mol. The lowest BCUT2D eigenvalue weighted by molar-refractivity contribution is -0.129. The third kappa shape index (κ3) is 4.56. The highest BCUT2D eigenvalue weighted by Gasteiger charge is 2.22. The van der Waals surface area contributed by atoms with Crippen molar-refractivity contribution < 1.29 is 9.53 Å². The van der Waals surface area contributed by atoms with E-state index in [4.69, 9.17) is 16.3 Å². The van der Waals surface area contributed by atoms with Crippen LogP contribution in [0.15, 0.2) is 39.6 Å². The number of carbonyl (C=O) groups excluding carboxylic acids is 1. The zero-order valence-corrected chi connectivity index (χ0v) is 19.0. The van der Waals surface area contributed by atoms with Gasteiger partial charge in [0.1, 0.15) is 0 Å². The van der Waals surface area contributed by atoms with Crippen molar-refractivity contribution in [1.82, 2.24) is 14.5 Å². The van der Waals surface area contributed by atoms with E-state index in [1.807, 2.05) is 4.90 Å². The minimum Gasteiger partial charge on any atom is -0.385 e. The number of rotatable bonds is 7. The molecule has 2 aromatic heterocycles. The fourth-order valence-corrected chi connectivity index (χ4v) is 5.51. The van der Waals surface area contributed by atoms with E-state index in [-0.39, 0.29) is 17.2 Å². The number of thiophene rings is 1. The number of hydrogen-bond acceptors (Lipinski definition) is 6. The molecule has 1 aromatic carbocycles. The molecule has 1 aliphatic rings. The number of nitrogens with zero attached hydrogens (tertiary/aromatic N) is 3. The third-order valence-electron chi connectivity index (χ3n) is 5.10. The first-order valence-corrected chi connectivity index (χ1v) is 12.0. The Labute approximate surface area is 187 Å². The summed E-state index contributed by atoms with van der Waals surface area (Å²) in [5.41, 5.74) is 1.66. The van der Waals surface area contributed by atoms with Gasteiger partial charge in [0.15, 0.2) is 5.16 Å². The average Bonchev–Trinajstić information content (AvgIpc) is 3.21. The Bertz CT molecular complexity index is 1130. The van der Waals surface area contributed by atoms with Crippen LogP contribution in [0.25, 0.3) is 10.9 Å². The molecule has 30 heavy (non-hydrogen) atoms. The summed E-state index contributed by atoms with van der Waals surface area (Å²) in [5, 5.41) is 3.66. The van der Waals surface area contributed by atoms with Crippen LogP contribution in [0, 0.1) is 0 Å². The largest absolute Gasteiger partial charge is 0.385 e. The molecular formula is C21H22ClN3O3S2. The van der Waals surface area contributed by atoms with Crippen molar-refractivity contribution in [1.29, 1.82) is 0 Å². The van der Waals surface area contributed by atoms with Gasteiger partial charge in [-0.3, -0.25) is 14.2 Å². The van der Waals surface area contributed by atoms with Gasteiger partial charge in [-0.2, -0.15) is 0 Å². The maximum Gasteiger partial charge on any atom is 0.262 e. The van der Waals surface area contributed by atoms with Crippen LogP contribution in [0.2, 0.25) is 5.02 Å². The molecular weight excluding hydrogens is 442 g/mol. The first kappa shape index (κ1) is 21.4. The van der Waals surface area contributed by atoms with E-state index in [9.17, 15) is 9.59 Å². The van der Waals surface area contributed by atoms with Crippen LogP contribution in [-0.4, -0.2) is 46.4 Å². The maximum atomic E-state index is 13.0. The Morgan fingerprint density at radius 2 is 2.23 bits per heavy atom. The number of aromatic nitrogens is 2. The molecule has 0 atom stereocenters. The molecule has 0 saturated heterocycles. The van der Waals surface area contributed by atoms with E-state index in [0.29, 0.717) is 47.2 Å². The van der Waals surface area contributed by atoms with Gasteiger partial charge in [-0.1, -0.05) is 23.4 Å². The second-order valence-corrected chi connectivity index (χ2v) is 9.46. The van der Waals surface area contributed by atoms with E-state index >= 15 is 0 Å². The van der Waals surface area contributed by atoms with E-state index in [0.717, 1.165) is 13.0 Å². The molecule has 0 N–H and O–H groups in total. The van der Waals surface area contributed by atoms with Gasteiger partial charge >= 0.3 is 0 Å². The zero-order valence-electron chi connectivity index (χ0n) is 16.6. The van der Waals surface area contributed by atoms with Crippen molar-refractivity contribution in [2.45, 2.75) is 31.1 Å². The second kappa shape index (κ2) is 9.51. The lowest BCUT2D eigenvalue weighted by Crippen LogP contribution is -2.36. The summed E-state index contributed by atoms with van der Waals surface area (Å²) in [6.07, 6.45) is 1.59. The smallest absolute Gasteiger partial charge is 0.262 e. The van der Waals surface area contributed by atoms with Crippen molar-refractivity contribution >= 4 is 51.5 Å². The van der Waals surface area contributed by atoms with Crippen LogP contribution < -0.4 is 5.56 Å². The van der Waals surface area contributed by atoms with E-state index in [1.54, 1.807) is 41.2 Å². The lowest BCUT2D eigenvalue weighted by atomic mass is 10.1. The van der Waals surface area contributed by atoms with E-state index in [1.165, 1.54) is 22.2 Å². The van der Waals surface area contributed by atoms with Crippen molar-refractivity contribution in [2.24, 2.45) is 0 Å². The summed E-state index contributed by atoms with van der Waals surface area (Å²) in [7, 11) is 1.63. The van der Waals surface area contributed by atoms with Crippen LogP contribution >= 0.6 is 34.7 Å². The molecule has 0 radical (unpaired) electrons. The molecule has 0 spiro atoms. The number of halogens is 1. The Morgan fingerprint density at radius 1 is 1.37 bits per heavy atom.